The Morgan fingerprint density at radius 1 is 1.04 bits per heavy atom. The molecule has 0 aliphatic carbocycles. The molecule has 2 aromatic carbocycles. The van der Waals surface area contributed by atoms with Gasteiger partial charge in [0.05, 0.1) is 15.6 Å². The lowest BCUT2D eigenvalue weighted by Gasteiger charge is -2.05. The van der Waals surface area contributed by atoms with E-state index in [9.17, 15) is 4.39 Å². The second-order valence-electron chi connectivity index (χ2n) is 4.74. The van der Waals surface area contributed by atoms with Crippen LogP contribution in [0.5, 0.6) is 0 Å². The van der Waals surface area contributed by atoms with E-state index in [0.29, 0.717) is 15.1 Å². The summed E-state index contributed by atoms with van der Waals surface area (Å²) < 4.78 is 16.0. The van der Waals surface area contributed by atoms with E-state index in [1.165, 1.54) is 29.2 Å². The number of halogens is 2. The maximum atomic E-state index is 14.0. The van der Waals surface area contributed by atoms with Crippen molar-refractivity contribution in [1.29, 1.82) is 0 Å². The Hall–Kier alpha value is -1.89. The van der Waals surface area contributed by atoms with Crippen LogP contribution in [-0.4, -0.2) is 14.6 Å². The van der Waals surface area contributed by atoms with Crippen LogP contribution in [0.4, 0.5) is 4.39 Å². The summed E-state index contributed by atoms with van der Waals surface area (Å²) in [7, 11) is 0. The van der Waals surface area contributed by atoms with Crippen molar-refractivity contribution in [3.8, 4) is 11.3 Å². The topological polar surface area (TPSA) is 30.2 Å². The zero-order valence-electron chi connectivity index (χ0n) is 11.6. The monoisotopic (exact) mass is 361 g/mol. The Kier molecular flexibility index (Phi) is 3.80. The fourth-order valence-corrected chi connectivity index (χ4v) is 4.29. The average Bonchev–Trinajstić information content (AvgIpc) is 3.14. The zero-order chi connectivity index (χ0) is 15.8. The molecule has 0 spiro atoms. The molecule has 0 N–H and O–H groups in total. The first-order valence-electron chi connectivity index (χ1n) is 6.74. The van der Waals surface area contributed by atoms with Crippen LogP contribution in [0.15, 0.2) is 64.0 Å². The molecule has 0 atom stereocenters. The van der Waals surface area contributed by atoms with Gasteiger partial charge in [0.1, 0.15) is 5.82 Å². The van der Waals surface area contributed by atoms with Gasteiger partial charge in [-0.05, 0) is 29.5 Å². The molecule has 23 heavy (non-hydrogen) atoms. The van der Waals surface area contributed by atoms with Gasteiger partial charge < -0.3 is 0 Å². The predicted molar refractivity (Wildman–Crippen MR) is 91.8 cm³/mol. The highest BCUT2D eigenvalue weighted by atomic mass is 35.5. The molecule has 0 saturated heterocycles. The van der Waals surface area contributed by atoms with Gasteiger partial charge in [-0.15, -0.1) is 21.5 Å². The van der Waals surface area contributed by atoms with Crippen molar-refractivity contribution >= 4 is 39.7 Å². The summed E-state index contributed by atoms with van der Waals surface area (Å²) in [4.78, 5) is 1.12. The molecule has 0 unspecified atom stereocenters. The lowest BCUT2D eigenvalue weighted by atomic mass is 10.2. The van der Waals surface area contributed by atoms with Gasteiger partial charge in [-0.25, -0.2) is 4.39 Å². The maximum absolute atomic E-state index is 14.0. The molecule has 3 nitrogen and oxygen atoms in total. The minimum absolute atomic E-state index is 0.355. The summed E-state index contributed by atoms with van der Waals surface area (Å²) in [6, 6.07) is 14.6. The van der Waals surface area contributed by atoms with E-state index in [1.54, 1.807) is 12.1 Å². The normalized spacial score (nSPS) is 11.2. The summed E-state index contributed by atoms with van der Waals surface area (Å²) in [5.41, 5.74) is 2.03. The minimum atomic E-state index is -0.365. The number of hydrogen-bond acceptors (Lipinski definition) is 4. The van der Waals surface area contributed by atoms with Gasteiger partial charge in [-0.2, -0.15) is 0 Å². The van der Waals surface area contributed by atoms with Crippen molar-refractivity contribution in [2.45, 2.75) is 10.1 Å². The molecule has 0 aliphatic heterocycles. The molecule has 7 heteroatoms. The average molecular weight is 362 g/mol. The smallest absolute Gasteiger partial charge is 0.217 e. The van der Waals surface area contributed by atoms with Crippen molar-refractivity contribution in [3.05, 3.63) is 64.8 Å². The number of rotatable bonds is 3. The molecular weight excluding hydrogens is 353 g/mol. The number of aromatic nitrogens is 3. The third kappa shape index (κ3) is 2.63. The molecule has 4 rings (SSSR count). The van der Waals surface area contributed by atoms with Gasteiger partial charge >= 0.3 is 0 Å². The summed E-state index contributed by atoms with van der Waals surface area (Å²) in [5.74, 6) is -0.365. The van der Waals surface area contributed by atoms with E-state index < -0.39 is 0 Å². The Labute approximate surface area is 144 Å². The fraction of sp³-hybridized carbons (Fsp3) is 0. The Balaban J connectivity index is 1.84. The minimum Gasteiger partial charge on any atom is -0.260 e. The first-order valence-corrected chi connectivity index (χ1v) is 8.81. The van der Waals surface area contributed by atoms with E-state index in [2.05, 4.69) is 10.2 Å². The van der Waals surface area contributed by atoms with E-state index in [1.807, 2.05) is 40.1 Å². The molecular formula is C16H9ClFN3S2. The van der Waals surface area contributed by atoms with Crippen LogP contribution >= 0.6 is 34.7 Å². The first kappa shape index (κ1) is 14.7. The van der Waals surface area contributed by atoms with E-state index >= 15 is 0 Å². The van der Waals surface area contributed by atoms with E-state index in [0.717, 1.165) is 16.2 Å². The SMILES string of the molecule is Fc1cccc(Cl)c1Sc1nnc2scc(-c3ccccc3)n12. The molecule has 0 saturated carbocycles. The summed E-state index contributed by atoms with van der Waals surface area (Å²) in [5, 5.41) is 11.3. The largest absolute Gasteiger partial charge is 0.260 e. The Bertz CT molecular complexity index is 961. The van der Waals surface area contributed by atoms with Gasteiger partial charge in [0.25, 0.3) is 0 Å². The van der Waals surface area contributed by atoms with E-state index in [-0.39, 0.29) is 5.82 Å². The lowest BCUT2D eigenvalue weighted by Crippen LogP contribution is -1.90. The van der Waals surface area contributed by atoms with Crippen molar-refractivity contribution in [3.63, 3.8) is 0 Å². The standard InChI is InChI=1S/C16H9ClFN3S2/c17-11-7-4-8-12(18)14(11)23-16-20-19-15-21(16)13(9-22-15)10-5-2-1-3-6-10/h1-9H. The van der Waals surface area contributed by atoms with Crippen LogP contribution in [0.1, 0.15) is 0 Å². The van der Waals surface area contributed by atoms with Crippen molar-refractivity contribution < 1.29 is 4.39 Å². The number of hydrogen-bond donors (Lipinski definition) is 0. The molecule has 2 aromatic heterocycles. The number of thiazole rings is 1. The maximum Gasteiger partial charge on any atom is 0.217 e. The molecule has 0 aliphatic rings. The third-order valence-corrected chi connectivity index (χ3v) is 5.61. The molecule has 0 fully saturated rings. The second kappa shape index (κ2) is 5.96. The van der Waals surface area contributed by atoms with Crippen LogP contribution < -0.4 is 0 Å². The van der Waals surface area contributed by atoms with Crippen LogP contribution in [-0.2, 0) is 0 Å². The van der Waals surface area contributed by atoms with Gasteiger partial charge in [0.2, 0.25) is 10.1 Å². The highest BCUT2D eigenvalue weighted by molar-refractivity contribution is 7.99. The first-order chi connectivity index (χ1) is 11.2. The van der Waals surface area contributed by atoms with Crippen molar-refractivity contribution in [2.24, 2.45) is 0 Å². The number of nitrogens with zero attached hydrogens (tertiary/aromatic N) is 3. The van der Waals surface area contributed by atoms with Crippen molar-refractivity contribution in [2.75, 3.05) is 0 Å². The quantitative estimate of drug-likeness (QED) is 0.489. The van der Waals surface area contributed by atoms with Crippen molar-refractivity contribution in [1.82, 2.24) is 14.6 Å². The zero-order valence-corrected chi connectivity index (χ0v) is 14.0. The molecule has 4 aromatic rings. The Morgan fingerprint density at radius 2 is 1.87 bits per heavy atom. The summed E-state index contributed by atoms with van der Waals surface area (Å²) in [6.45, 7) is 0. The number of fused-ring (bicyclic) bond motifs is 1. The molecule has 114 valence electrons. The highest BCUT2D eigenvalue weighted by Crippen LogP contribution is 2.37. The summed E-state index contributed by atoms with van der Waals surface area (Å²) >= 11 is 8.79. The fourth-order valence-electron chi connectivity index (χ4n) is 2.24. The number of benzene rings is 2. The van der Waals surface area contributed by atoms with Gasteiger partial charge in [0, 0.05) is 5.38 Å². The van der Waals surface area contributed by atoms with Gasteiger partial charge in [-0.3, -0.25) is 4.40 Å². The van der Waals surface area contributed by atoms with Crippen LogP contribution in [0.25, 0.3) is 16.2 Å². The van der Waals surface area contributed by atoms with E-state index in [4.69, 9.17) is 11.6 Å². The Morgan fingerprint density at radius 3 is 2.65 bits per heavy atom. The van der Waals surface area contributed by atoms with Gasteiger partial charge in [-0.1, -0.05) is 48.0 Å². The predicted octanol–water partition coefficient (Wildman–Crippen LogP) is 5.40. The summed E-state index contributed by atoms with van der Waals surface area (Å²) in [6.07, 6.45) is 0. The highest BCUT2D eigenvalue weighted by Gasteiger charge is 2.17. The van der Waals surface area contributed by atoms with Gasteiger partial charge in [0.15, 0.2) is 0 Å². The third-order valence-electron chi connectivity index (χ3n) is 3.30. The van der Waals surface area contributed by atoms with Crippen LogP contribution in [0.2, 0.25) is 5.02 Å². The van der Waals surface area contributed by atoms with Crippen LogP contribution in [0.3, 0.4) is 0 Å². The molecule has 2 heterocycles. The molecule has 0 amide bonds. The van der Waals surface area contributed by atoms with Crippen LogP contribution in [0, 0.1) is 5.82 Å². The molecule has 0 bridgehead atoms. The molecule has 0 radical (unpaired) electrons. The second-order valence-corrected chi connectivity index (χ2v) is 6.96. The lowest BCUT2D eigenvalue weighted by molar-refractivity contribution is 0.602.